The molecule has 2 N–H and O–H groups in total. The van der Waals surface area contributed by atoms with Gasteiger partial charge in [-0.2, -0.15) is 0 Å². The third kappa shape index (κ3) is 9.72. The highest BCUT2D eigenvalue weighted by Gasteiger charge is 2.23. The molecule has 2 saturated heterocycles. The van der Waals surface area contributed by atoms with Crippen molar-refractivity contribution in [2.75, 3.05) is 39.3 Å². The molecule has 2 aliphatic heterocycles. The zero-order valence-electron chi connectivity index (χ0n) is 31.0. The second-order valence-electron chi connectivity index (χ2n) is 14.5. The number of piperidine rings is 1. The van der Waals surface area contributed by atoms with Gasteiger partial charge in [0.2, 0.25) is 0 Å². The molecule has 8 rings (SSSR count). The lowest BCUT2D eigenvalue weighted by atomic mass is 9.95. The summed E-state index contributed by atoms with van der Waals surface area (Å²) in [7, 11) is 0. The van der Waals surface area contributed by atoms with E-state index in [0.29, 0.717) is 0 Å². The lowest BCUT2D eigenvalue weighted by Gasteiger charge is -2.35. The summed E-state index contributed by atoms with van der Waals surface area (Å²) in [4.78, 5) is 6.11. The number of benzene rings is 6. The van der Waals surface area contributed by atoms with Crippen LogP contribution in [0.2, 0.25) is 5.02 Å². The summed E-state index contributed by atoms with van der Waals surface area (Å²) >= 11 is 8.47. The van der Waals surface area contributed by atoms with Gasteiger partial charge in [0.05, 0.1) is 6.61 Å². The Labute approximate surface area is 329 Å². The molecule has 280 valence electrons. The second-order valence-corrected chi connectivity index (χ2v) is 15.9. The molecule has 4 nitrogen and oxygen atoms in total. The molecule has 54 heavy (non-hydrogen) atoms. The van der Waals surface area contributed by atoms with Gasteiger partial charge in [0, 0.05) is 61.0 Å². The number of fused-ring (bicyclic) bond motifs is 2. The van der Waals surface area contributed by atoms with Crippen LogP contribution in [0.4, 0.5) is 4.39 Å². The zero-order valence-corrected chi connectivity index (χ0v) is 32.6. The summed E-state index contributed by atoms with van der Waals surface area (Å²) in [6.07, 6.45) is 5.09. The van der Waals surface area contributed by atoms with Crippen molar-refractivity contribution in [3.63, 3.8) is 0 Å². The number of aliphatic hydroxyl groups is 1. The van der Waals surface area contributed by atoms with Gasteiger partial charge < -0.3 is 10.4 Å². The van der Waals surface area contributed by atoms with E-state index in [-0.39, 0.29) is 18.5 Å². The molecular weight excluding hydrogens is 709 g/mol. The van der Waals surface area contributed by atoms with Crippen LogP contribution in [0, 0.1) is 5.82 Å². The molecule has 0 saturated carbocycles. The molecule has 2 heterocycles. The largest absolute Gasteiger partial charge is 0.395 e. The van der Waals surface area contributed by atoms with Gasteiger partial charge >= 0.3 is 0 Å². The summed E-state index contributed by atoms with van der Waals surface area (Å²) in [5.74, 6) is 0.776. The topological polar surface area (TPSA) is 38.7 Å². The van der Waals surface area contributed by atoms with Crippen molar-refractivity contribution in [3.8, 4) is 0 Å². The molecule has 1 atom stereocenters. The predicted molar refractivity (Wildman–Crippen MR) is 226 cm³/mol. The molecule has 2 aliphatic rings. The fourth-order valence-corrected chi connectivity index (χ4v) is 9.49. The van der Waals surface area contributed by atoms with Crippen LogP contribution >= 0.6 is 23.4 Å². The van der Waals surface area contributed by atoms with Crippen molar-refractivity contribution < 1.29 is 9.50 Å². The van der Waals surface area contributed by atoms with Gasteiger partial charge in [0.15, 0.2) is 0 Å². The second kappa shape index (κ2) is 19.2. The van der Waals surface area contributed by atoms with Crippen LogP contribution in [0.25, 0.3) is 21.5 Å². The number of aryl methyl sites for hydroxylation is 1. The standard InChI is InChI=1S/C24H26ClNOS.C23H25FN2/c25-23-12-5-9-19(15-26-14-4-3-10-20(26)16-27)22(23)17-28-24-13-6-8-18-7-1-2-11-21(18)24;24-23-10-4-8-20(17-26-15-13-25-14-16-26)22(23)12-11-19-7-3-6-18-5-1-2-9-21(18)19/h1-2,5-9,11-13,20,27H,3-4,10,14-17H2;1-10,25H,11-17H2. The van der Waals surface area contributed by atoms with Crippen LogP contribution in [0.3, 0.4) is 0 Å². The molecule has 0 radical (unpaired) electrons. The minimum Gasteiger partial charge on any atom is -0.395 e. The highest BCUT2D eigenvalue weighted by atomic mass is 35.5. The molecule has 7 heteroatoms. The van der Waals surface area contributed by atoms with Gasteiger partial charge in [-0.1, -0.05) is 121 Å². The average molecular weight is 760 g/mol. The van der Waals surface area contributed by atoms with E-state index in [1.807, 2.05) is 30.0 Å². The zero-order chi connectivity index (χ0) is 37.1. The van der Waals surface area contributed by atoms with Crippen LogP contribution < -0.4 is 5.32 Å². The van der Waals surface area contributed by atoms with Crippen LogP contribution in [-0.2, 0) is 31.7 Å². The number of nitrogens with zero attached hydrogens (tertiary/aromatic N) is 2. The van der Waals surface area contributed by atoms with E-state index in [1.54, 1.807) is 6.07 Å². The molecule has 0 aromatic heterocycles. The molecule has 2 fully saturated rings. The number of hydrogen-bond donors (Lipinski definition) is 2. The van der Waals surface area contributed by atoms with Crippen molar-refractivity contribution in [3.05, 3.63) is 160 Å². The summed E-state index contributed by atoms with van der Waals surface area (Å²) in [5, 5.41) is 19.0. The van der Waals surface area contributed by atoms with Crippen LogP contribution in [0.15, 0.2) is 126 Å². The first-order chi connectivity index (χ1) is 26.6. The normalized spacial score (nSPS) is 16.7. The number of rotatable bonds is 11. The Morgan fingerprint density at radius 1 is 0.667 bits per heavy atom. The highest BCUT2D eigenvalue weighted by Crippen LogP contribution is 2.34. The summed E-state index contributed by atoms with van der Waals surface area (Å²) in [6.45, 7) is 7.07. The minimum absolute atomic E-state index is 0.0714. The summed E-state index contributed by atoms with van der Waals surface area (Å²) in [5.41, 5.74) is 5.79. The SMILES string of the molecule is Fc1cccc(CN2CCNCC2)c1CCc1cccc2ccccc12.OCC1CCCCN1Cc1cccc(Cl)c1CSc1cccc2ccccc12. The molecule has 0 amide bonds. The Bertz CT molecular complexity index is 2130. The van der Waals surface area contributed by atoms with Crippen molar-refractivity contribution in [1.29, 1.82) is 0 Å². The molecule has 0 spiro atoms. The average Bonchev–Trinajstić information content (AvgIpc) is 3.21. The van der Waals surface area contributed by atoms with Crippen molar-refractivity contribution >= 4 is 44.9 Å². The Kier molecular flexibility index (Phi) is 13.7. The Hall–Kier alpha value is -3.75. The van der Waals surface area contributed by atoms with Gasteiger partial charge in [0.1, 0.15) is 5.82 Å². The van der Waals surface area contributed by atoms with Crippen LogP contribution in [0.5, 0.6) is 0 Å². The Morgan fingerprint density at radius 2 is 1.31 bits per heavy atom. The molecule has 6 aromatic carbocycles. The number of hydrogen-bond acceptors (Lipinski definition) is 5. The Balaban J connectivity index is 0.000000167. The maximum absolute atomic E-state index is 14.6. The molecule has 0 aliphatic carbocycles. The highest BCUT2D eigenvalue weighted by molar-refractivity contribution is 7.98. The molecule has 6 aromatic rings. The predicted octanol–water partition coefficient (Wildman–Crippen LogP) is 10.3. The number of piperazine rings is 1. The monoisotopic (exact) mass is 759 g/mol. The van der Waals surface area contributed by atoms with E-state index >= 15 is 0 Å². The van der Waals surface area contributed by atoms with E-state index in [4.69, 9.17) is 11.6 Å². The van der Waals surface area contributed by atoms with E-state index < -0.39 is 0 Å². The number of nitrogens with one attached hydrogen (secondary N) is 1. The van der Waals surface area contributed by atoms with Gasteiger partial charge in [-0.05, 0) is 99.8 Å². The van der Waals surface area contributed by atoms with Gasteiger partial charge in [-0.15, -0.1) is 11.8 Å². The lowest BCUT2D eigenvalue weighted by molar-refractivity contribution is 0.0839. The van der Waals surface area contributed by atoms with Gasteiger partial charge in [-0.3, -0.25) is 9.80 Å². The Morgan fingerprint density at radius 3 is 2.11 bits per heavy atom. The van der Waals surface area contributed by atoms with Gasteiger partial charge in [0.25, 0.3) is 0 Å². The minimum atomic E-state index is -0.0714. The maximum Gasteiger partial charge on any atom is 0.126 e. The molecule has 1 unspecified atom stereocenters. The van der Waals surface area contributed by atoms with E-state index in [0.717, 1.165) is 87.0 Å². The quantitative estimate of drug-likeness (QED) is 0.129. The number of halogens is 2. The smallest absolute Gasteiger partial charge is 0.126 e. The first kappa shape index (κ1) is 38.5. The third-order valence-corrected chi connectivity index (χ3v) is 12.5. The third-order valence-electron chi connectivity index (χ3n) is 11.0. The van der Waals surface area contributed by atoms with E-state index in [1.165, 1.54) is 56.0 Å². The van der Waals surface area contributed by atoms with Crippen molar-refractivity contribution in [1.82, 2.24) is 15.1 Å². The first-order valence-electron chi connectivity index (χ1n) is 19.4. The van der Waals surface area contributed by atoms with E-state index in [2.05, 4.69) is 112 Å². The lowest BCUT2D eigenvalue weighted by Crippen LogP contribution is -2.43. The maximum atomic E-state index is 14.6. The van der Waals surface area contributed by atoms with Crippen LogP contribution in [0.1, 0.15) is 47.1 Å². The number of likely N-dealkylation sites (tertiary alicyclic amines) is 1. The van der Waals surface area contributed by atoms with Crippen molar-refractivity contribution in [2.24, 2.45) is 0 Å². The summed E-state index contributed by atoms with van der Waals surface area (Å²) in [6, 6.07) is 41.8. The fourth-order valence-electron chi connectivity index (χ4n) is 7.99. The number of thioether (sulfide) groups is 1. The fraction of sp³-hybridized carbons (Fsp3) is 0.319. The molecule has 0 bridgehead atoms. The first-order valence-corrected chi connectivity index (χ1v) is 20.8. The molecular formula is C47H51ClFN3OS. The summed E-state index contributed by atoms with van der Waals surface area (Å²) < 4.78 is 14.6. The number of aliphatic hydroxyl groups excluding tert-OH is 1. The van der Waals surface area contributed by atoms with Crippen LogP contribution in [-0.4, -0.2) is 60.3 Å². The van der Waals surface area contributed by atoms with Crippen molar-refractivity contribution in [2.45, 2.75) is 61.9 Å². The van der Waals surface area contributed by atoms with E-state index in [9.17, 15) is 9.50 Å². The van der Waals surface area contributed by atoms with Gasteiger partial charge in [-0.25, -0.2) is 4.39 Å².